The number of terminal acetylenes is 1. The molecule has 0 saturated heterocycles. The summed E-state index contributed by atoms with van der Waals surface area (Å²) >= 11 is 0. The molecule has 1 rings (SSSR count). The zero-order chi connectivity index (χ0) is 8.65. The van der Waals surface area contributed by atoms with E-state index in [0.29, 0.717) is 13.0 Å². The van der Waals surface area contributed by atoms with Crippen LogP contribution in [0.3, 0.4) is 0 Å². The molecule has 0 aliphatic carbocycles. The summed E-state index contributed by atoms with van der Waals surface area (Å²) in [4.78, 5) is 5.07. The van der Waals surface area contributed by atoms with E-state index in [-0.39, 0.29) is 0 Å². The first kappa shape index (κ1) is 8.63. The second-order valence-corrected chi connectivity index (χ2v) is 2.27. The summed E-state index contributed by atoms with van der Waals surface area (Å²) in [6, 6.07) is 9.68. The van der Waals surface area contributed by atoms with Crippen molar-refractivity contribution < 1.29 is 4.84 Å². The highest BCUT2D eigenvalue weighted by Gasteiger charge is 1.87. The number of hydrogen-bond acceptors (Lipinski definition) is 2. The molecule has 0 atom stereocenters. The smallest absolute Gasteiger partial charge is 0.0855 e. The molecule has 0 bridgehead atoms. The molecule has 0 saturated carbocycles. The van der Waals surface area contributed by atoms with Crippen molar-refractivity contribution in [3.63, 3.8) is 0 Å². The van der Waals surface area contributed by atoms with E-state index in [1.165, 1.54) is 0 Å². The Morgan fingerprint density at radius 2 is 2.08 bits per heavy atom. The zero-order valence-electron chi connectivity index (χ0n) is 6.79. The van der Waals surface area contributed by atoms with Crippen molar-refractivity contribution in [1.29, 1.82) is 0 Å². The van der Waals surface area contributed by atoms with Crippen LogP contribution in [0.25, 0.3) is 0 Å². The SMILES string of the molecule is C#CCCONc1ccccc1. The normalized spacial score (nSPS) is 8.92. The van der Waals surface area contributed by atoms with Crippen LogP contribution in [0.5, 0.6) is 0 Å². The van der Waals surface area contributed by atoms with Crippen LogP contribution in [0.2, 0.25) is 0 Å². The highest BCUT2D eigenvalue weighted by atomic mass is 16.6. The van der Waals surface area contributed by atoms with Crippen molar-refractivity contribution in [3.05, 3.63) is 30.3 Å². The average molecular weight is 161 g/mol. The van der Waals surface area contributed by atoms with Gasteiger partial charge in [-0.25, -0.2) is 0 Å². The Hall–Kier alpha value is -1.46. The fourth-order valence-electron chi connectivity index (χ4n) is 0.751. The minimum absolute atomic E-state index is 0.533. The number of rotatable bonds is 4. The lowest BCUT2D eigenvalue weighted by Gasteiger charge is -2.03. The monoisotopic (exact) mass is 161 g/mol. The van der Waals surface area contributed by atoms with Crippen molar-refractivity contribution >= 4 is 5.69 Å². The maximum atomic E-state index is 5.07. The predicted molar refractivity (Wildman–Crippen MR) is 49.5 cm³/mol. The van der Waals surface area contributed by atoms with Crippen molar-refractivity contribution in [2.45, 2.75) is 6.42 Å². The second-order valence-electron chi connectivity index (χ2n) is 2.27. The van der Waals surface area contributed by atoms with Crippen LogP contribution in [0.4, 0.5) is 5.69 Å². The number of anilines is 1. The maximum absolute atomic E-state index is 5.07. The molecule has 2 heteroatoms. The van der Waals surface area contributed by atoms with E-state index in [4.69, 9.17) is 11.3 Å². The molecule has 0 heterocycles. The Labute approximate surface area is 72.5 Å². The summed E-state index contributed by atoms with van der Waals surface area (Å²) in [7, 11) is 0. The Bertz CT molecular complexity index is 250. The van der Waals surface area contributed by atoms with Crippen molar-refractivity contribution in [2.24, 2.45) is 0 Å². The lowest BCUT2D eigenvalue weighted by atomic mass is 10.3. The summed E-state index contributed by atoms with van der Waals surface area (Å²) < 4.78 is 0. The van der Waals surface area contributed by atoms with Crippen LogP contribution in [0.15, 0.2) is 30.3 Å². The fraction of sp³-hybridized carbons (Fsp3) is 0.200. The van der Waals surface area contributed by atoms with Gasteiger partial charge < -0.3 is 0 Å². The van der Waals surface area contributed by atoms with E-state index >= 15 is 0 Å². The van der Waals surface area contributed by atoms with Crippen molar-refractivity contribution in [1.82, 2.24) is 0 Å². The van der Waals surface area contributed by atoms with Crippen LogP contribution >= 0.6 is 0 Å². The third-order valence-corrected chi connectivity index (χ3v) is 1.31. The molecule has 0 aliphatic rings. The quantitative estimate of drug-likeness (QED) is 0.414. The van der Waals surface area contributed by atoms with E-state index in [0.717, 1.165) is 5.69 Å². The summed E-state index contributed by atoms with van der Waals surface area (Å²) in [6.07, 6.45) is 5.68. The molecule has 1 aromatic rings. The van der Waals surface area contributed by atoms with E-state index in [1.807, 2.05) is 30.3 Å². The van der Waals surface area contributed by atoms with Gasteiger partial charge in [0.05, 0.1) is 12.3 Å². The average Bonchev–Trinajstić information content (AvgIpc) is 2.14. The van der Waals surface area contributed by atoms with Crippen LogP contribution < -0.4 is 5.48 Å². The van der Waals surface area contributed by atoms with Gasteiger partial charge in [0.15, 0.2) is 0 Å². The minimum atomic E-state index is 0.533. The lowest BCUT2D eigenvalue weighted by molar-refractivity contribution is 0.201. The van der Waals surface area contributed by atoms with Crippen molar-refractivity contribution in [3.8, 4) is 12.3 Å². The molecule has 2 nitrogen and oxygen atoms in total. The number of nitrogens with one attached hydrogen (secondary N) is 1. The van der Waals surface area contributed by atoms with Crippen LogP contribution in [-0.4, -0.2) is 6.61 Å². The Kier molecular flexibility index (Phi) is 3.76. The van der Waals surface area contributed by atoms with Gasteiger partial charge in [0.25, 0.3) is 0 Å². The Morgan fingerprint density at radius 1 is 1.33 bits per heavy atom. The Morgan fingerprint density at radius 3 is 2.75 bits per heavy atom. The van der Waals surface area contributed by atoms with Gasteiger partial charge in [-0.1, -0.05) is 18.2 Å². The van der Waals surface area contributed by atoms with E-state index in [9.17, 15) is 0 Å². The molecule has 0 aliphatic heterocycles. The van der Waals surface area contributed by atoms with Crippen LogP contribution in [-0.2, 0) is 4.84 Å². The summed E-state index contributed by atoms with van der Waals surface area (Å²) in [5.41, 5.74) is 3.72. The third kappa shape index (κ3) is 3.09. The zero-order valence-corrected chi connectivity index (χ0v) is 6.79. The van der Waals surface area contributed by atoms with Gasteiger partial charge in [-0.3, -0.25) is 10.3 Å². The molecular weight excluding hydrogens is 150 g/mol. The maximum Gasteiger partial charge on any atom is 0.0855 e. The highest BCUT2D eigenvalue weighted by Crippen LogP contribution is 2.04. The van der Waals surface area contributed by atoms with Crippen molar-refractivity contribution in [2.75, 3.05) is 12.1 Å². The van der Waals surface area contributed by atoms with Gasteiger partial charge >= 0.3 is 0 Å². The molecule has 0 amide bonds. The molecule has 1 aromatic carbocycles. The van der Waals surface area contributed by atoms with E-state index in [2.05, 4.69) is 11.4 Å². The molecule has 1 N–H and O–H groups in total. The number of benzene rings is 1. The van der Waals surface area contributed by atoms with Gasteiger partial charge in [-0.15, -0.1) is 12.3 Å². The predicted octanol–water partition coefficient (Wildman–Crippen LogP) is 2.05. The molecule has 62 valence electrons. The van der Waals surface area contributed by atoms with Gasteiger partial charge in [-0.05, 0) is 12.1 Å². The fourth-order valence-corrected chi connectivity index (χ4v) is 0.751. The molecule has 12 heavy (non-hydrogen) atoms. The first-order chi connectivity index (χ1) is 5.93. The molecular formula is C10H11NO. The molecule has 0 unspecified atom stereocenters. The van der Waals surface area contributed by atoms with Crippen LogP contribution in [0, 0.1) is 12.3 Å². The van der Waals surface area contributed by atoms with Gasteiger partial charge in [0.2, 0.25) is 0 Å². The number of para-hydroxylation sites is 1. The topological polar surface area (TPSA) is 21.3 Å². The number of hydrogen-bond donors (Lipinski definition) is 1. The third-order valence-electron chi connectivity index (χ3n) is 1.31. The first-order valence-corrected chi connectivity index (χ1v) is 3.80. The van der Waals surface area contributed by atoms with Crippen LogP contribution in [0.1, 0.15) is 6.42 Å². The Balaban J connectivity index is 2.21. The van der Waals surface area contributed by atoms with E-state index < -0.39 is 0 Å². The van der Waals surface area contributed by atoms with Gasteiger partial charge in [0.1, 0.15) is 0 Å². The molecule has 0 radical (unpaired) electrons. The molecule has 0 fully saturated rings. The summed E-state index contributed by atoms with van der Waals surface area (Å²) in [6.45, 7) is 0.533. The first-order valence-electron chi connectivity index (χ1n) is 3.80. The molecule has 0 spiro atoms. The van der Waals surface area contributed by atoms with E-state index in [1.54, 1.807) is 0 Å². The second kappa shape index (κ2) is 5.22. The largest absolute Gasteiger partial charge is 0.275 e. The lowest BCUT2D eigenvalue weighted by Crippen LogP contribution is -2.01. The standard InChI is InChI=1S/C10H11NO/c1-2-3-9-12-11-10-7-5-4-6-8-10/h1,4-8,11H,3,9H2. The summed E-state index contributed by atoms with van der Waals surface area (Å²) in [5.74, 6) is 2.49. The summed E-state index contributed by atoms with van der Waals surface area (Å²) in [5, 5.41) is 0. The minimum Gasteiger partial charge on any atom is -0.275 e. The van der Waals surface area contributed by atoms with Gasteiger partial charge in [0, 0.05) is 6.42 Å². The van der Waals surface area contributed by atoms with Gasteiger partial charge in [-0.2, -0.15) is 0 Å². The highest BCUT2D eigenvalue weighted by molar-refractivity contribution is 5.39. The molecule has 0 aromatic heterocycles.